The van der Waals surface area contributed by atoms with Gasteiger partial charge in [0.2, 0.25) is 5.91 Å². The van der Waals surface area contributed by atoms with Crippen molar-refractivity contribution in [2.45, 2.75) is 6.23 Å². The van der Waals surface area contributed by atoms with E-state index in [1.54, 1.807) is 0 Å². The Morgan fingerprint density at radius 3 is 2.92 bits per heavy atom. The molecule has 0 saturated carbocycles. The van der Waals surface area contributed by atoms with Gasteiger partial charge in [-0.2, -0.15) is 0 Å². The lowest BCUT2D eigenvalue weighted by atomic mass is 10.5. The van der Waals surface area contributed by atoms with Gasteiger partial charge in [-0.05, 0) is 6.08 Å². The quantitative estimate of drug-likeness (QED) is 0.522. The first-order chi connectivity index (χ1) is 6.25. The van der Waals surface area contributed by atoms with Gasteiger partial charge >= 0.3 is 0 Å². The summed E-state index contributed by atoms with van der Waals surface area (Å²) in [5, 5.41) is 9.25. The van der Waals surface area contributed by atoms with Gasteiger partial charge in [0.1, 0.15) is 6.23 Å². The summed E-state index contributed by atoms with van der Waals surface area (Å²) in [5.74, 6) is -0.177. The van der Waals surface area contributed by atoms with Crippen LogP contribution in [-0.4, -0.2) is 48.4 Å². The van der Waals surface area contributed by atoms with Crippen molar-refractivity contribution in [3.63, 3.8) is 0 Å². The molecule has 1 heterocycles. The van der Waals surface area contributed by atoms with E-state index in [2.05, 4.69) is 0 Å². The second-order valence-corrected chi connectivity index (χ2v) is 2.71. The average molecular weight is 186 g/mol. The molecule has 5 heteroatoms. The SMILES string of the molecule is NCCOCCN1C(=O)C=CC1O. The highest BCUT2D eigenvalue weighted by molar-refractivity contribution is 5.90. The Morgan fingerprint density at radius 2 is 2.38 bits per heavy atom. The van der Waals surface area contributed by atoms with Crippen LogP contribution >= 0.6 is 0 Å². The smallest absolute Gasteiger partial charge is 0.248 e. The van der Waals surface area contributed by atoms with Crippen molar-refractivity contribution in [3.05, 3.63) is 12.2 Å². The van der Waals surface area contributed by atoms with Gasteiger partial charge in [-0.25, -0.2) is 0 Å². The fraction of sp³-hybridized carbons (Fsp3) is 0.625. The van der Waals surface area contributed by atoms with E-state index in [4.69, 9.17) is 10.5 Å². The Balaban J connectivity index is 2.18. The van der Waals surface area contributed by atoms with Crippen LogP contribution in [0.3, 0.4) is 0 Å². The molecule has 74 valence electrons. The van der Waals surface area contributed by atoms with Crippen molar-refractivity contribution in [2.75, 3.05) is 26.3 Å². The number of hydrogen-bond donors (Lipinski definition) is 2. The van der Waals surface area contributed by atoms with E-state index in [0.717, 1.165) is 0 Å². The molecule has 0 fully saturated rings. The van der Waals surface area contributed by atoms with Gasteiger partial charge in [0, 0.05) is 19.2 Å². The summed E-state index contributed by atoms with van der Waals surface area (Å²) in [6.45, 7) is 1.75. The molecule has 1 aliphatic rings. The number of aliphatic hydroxyl groups is 1. The highest BCUT2D eigenvalue weighted by atomic mass is 16.5. The minimum Gasteiger partial charge on any atom is -0.378 e. The zero-order valence-electron chi connectivity index (χ0n) is 7.35. The lowest BCUT2D eigenvalue weighted by molar-refractivity contribution is -0.131. The molecule has 0 aromatic carbocycles. The molecule has 1 aliphatic heterocycles. The van der Waals surface area contributed by atoms with E-state index in [9.17, 15) is 9.90 Å². The normalized spacial score (nSPS) is 21.5. The third kappa shape index (κ3) is 2.80. The third-order valence-electron chi connectivity index (χ3n) is 1.75. The Bertz CT molecular complexity index is 206. The molecule has 1 unspecified atom stereocenters. The zero-order chi connectivity index (χ0) is 9.68. The molecule has 0 aromatic heterocycles. The van der Waals surface area contributed by atoms with E-state index in [1.807, 2.05) is 0 Å². The Morgan fingerprint density at radius 1 is 1.62 bits per heavy atom. The summed E-state index contributed by atoms with van der Waals surface area (Å²) >= 11 is 0. The number of hydrogen-bond acceptors (Lipinski definition) is 4. The molecule has 0 bridgehead atoms. The standard InChI is InChI=1S/C8H14N2O3/c9-3-5-13-6-4-10-7(11)1-2-8(10)12/h1-2,7,11H,3-6,9H2. The van der Waals surface area contributed by atoms with E-state index in [-0.39, 0.29) is 5.91 Å². The predicted molar refractivity (Wildman–Crippen MR) is 46.7 cm³/mol. The number of carbonyl (C=O) groups is 1. The minimum absolute atomic E-state index is 0.177. The summed E-state index contributed by atoms with van der Waals surface area (Å²) in [7, 11) is 0. The van der Waals surface area contributed by atoms with Gasteiger partial charge in [-0.15, -0.1) is 0 Å². The van der Waals surface area contributed by atoms with E-state index >= 15 is 0 Å². The van der Waals surface area contributed by atoms with Gasteiger partial charge in [0.05, 0.1) is 13.2 Å². The Kier molecular flexibility index (Phi) is 3.88. The van der Waals surface area contributed by atoms with Crippen LogP contribution in [0.15, 0.2) is 12.2 Å². The molecule has 1 atom stereocenters. The molecule has 5 nitrogen and oxygen atoms in total. The molecule has 0 radical (unpaired) electrons. The van der Waals surface area contributed by atoms with Crippen molar-refractivity contribution >= 4 is 5.91 Å². The maximum atomic E-state index is 11.0. The van der Waals surface area contributed by atoms with Crippen LogP contribution in [0.1, 0.15) is 0 Å². The van der Waals surface area contributed by atoms with Crippen LogP contribution in [0.4, 0.5) is 0 Å². The van der Waals surface area contributed by atoms with Gasteiger partial charge in [0.15, 0.2) is 0 Å². The summed E-state index contributed by atoms with van der Waals surface area (Å²) in [5.41, 5.74) is 5.21. The monoisotopic (exact) mass is 186 g/mol. The summed E-state index contributed by atoms with van der Waals surface area (Å²) in [4.78, 5) is 12.4. The molecule has 0 spiro atoms. The Labute approximate surface area is 76.8 Å². The van der Waals surface area contributed by atoms with Crippen molar-refractivity contribution in [1.82, 2.24) is 4.90 Å². The number of nitrogens with zero attached hydrogens (tertiary/aromatic N) is 1. The van der Waals surface area contributed by atoms with Gasteiger partial charge in [-0.3, -0.25) is 4.79 Å². The number of carbonyl (C=O) groups excluding carboxylic acids is 1. The topological polar surface area (TPSA) is 75.8 Å². The molecule has 1 amide bonds. The lowest BCUT2D eigenvalue weighted by Gasteiger charge is -2.19. The molecular formula is C8H14N2O3. The fourth-order valence-electron chi connectivity index (χ4n) is 1.09. The number of aliphatic hydroxyl groups excluding tert-OH is 1. The fourth-order valence-corrected chi connectivity index (χ4v) is 1.09. The average Bonchev–Trinajstić information content (AvgIpc) is 2.42. The molecule has 0 aromatic rings. The molecule has 13 heavy (non-hydrogen) atoms. The summed E-state index contributed by atoms with van der Waals surface area (Å²) in [6, 6.07) is 0. The maximum absolute atomic E-state index is 11.0. The molecule has 0 saturated heterocycles. The first-order valence-electron chi connectivity index (χ1n) is 4.20. The molecule has 0 aliphatic carbocycles. The lowest BCUT2D eigenvalue weighted by Crippen LogP contribution is -2.36. The highest BCUT2D eigenvalue weighted by Crippen LogP contribution is 2.07. The van der Waals surface area contributed by atoms with Crippen LogP contribution in [-0.2, 0) is 9.53 Å². The van der Waals surface area contributed by atoms with Crippen LogP contribution in [0.5, 0.6) is 0 Å². The third-order valence-corrected chi connectivity index (χ3v) is 1.75. The predicted octanol–water partition coefficient (Wildman–Crippen LogP) is -1.32. The van der Waals surface area contributed by atoms with E-state index < -0.39 is 6.23 Å². The summed E-state index contributed by atoms with van der Waals surface area (Å²) < 4.78 is 5.08. The highest BCUT2D eigenvalue weighted by Gasteiger charge is 2.22. The van der Waals surface area contributed by atoms with Crippen molar-refractivity contribution in [2.24, 2.45) is 5.73 Å². The summed E-state index contributed by atoms with van der Waals surface area (Å²) in [6.07, 6.45) is 2.01. The number of rotatable bonds is 5. The molecular weight excluding hydrogens is 172 g/mol. The van der Waals surface area contributed by atoms with Crippen molar-refractivity contribution in [1.29, 1.82) is 0 Å². The molecule has 1 rings (SSSR count). The van der Waals surface area contributed by atoms with Crippen LogP contribution < -0.4 is 5.73 Å². The van der Waals surface area contributed by atoms with Gasteiger partial charge in [0.25, 0.3) is 0 Å². The van der Waals surface area contributed by atoms with Crippen LogP contribution in [0.25, 0.3) is 0 Å². The van der Waals surface area contributed by atoms with E-state index in [1.165, 1.54) is 17.1 Å². The van der Waals surface area contributed by atoms with Gasteiger partial charge < -0.3 is 20.5 Å². The molecule has 3 N–H and O–H groups in total. The largest absolute Gasteiger partial charge is 0.378 e. The Hall–Kier alpha value is -0.910. The number of amides is 1. The van der Waals surface area contributed by atoms with Gasteiger partial charge in [-0.1, -0.05) is 0 Å². The zero-order valence-corrected chi connectivity index (χ0v) is 7.35. The van der Waals surface area contributed by atoms with Crippen LogP contribution in [0.2, 0.25) is 0 Å². The number of ether oxygens (including phenoxy) is 1. The first-order valence-corrected chi connectivity index (χ1v) is 4.20. The first kappa shape index (κ1) is 10.2. The minimum atomic E-state index is -0.797. The second kappa shape index (κ2) is 4.96. The van der Waals surface area contributed by atoms with Crippen molar-refractivity contribution in [3.8, 4) is 0 Å². The van der Waals surface area contributed by atoms with Crippen molar-refractivity contribution < 1.29 is 14.6 Å². The maximum Gasteiger partial charge on any atom is 0.248 e. The van der Waals surface area contributed by atoms with Crippen LogP contribution in [0, 0.1) is 0 Å². The second-order valence-electron chi connectivity index (χ2n) is 2.71. The van der Waals surface area contributed by atoms with E-state index in [0.29, 0.717) is 26.3 Å². The number of nitrogens with two attached hydrogens (primary N) is 1.